The minimum absolute atomic E-state index is 0.0715. The first-order valence-corrected chi connectivity index (χ1v) is 7.69. The van der Waals surface area contributed by atoms with E-state index in [-0.39, 0.29) is 11.6 Å². The van der Waals surface area contributed by atoms with E-state index >= 15 is 0 Å². The maximum absolute atomic E-state index is 13.3. The first-order valence-electron chi connectivity index (χ1n) is 5.74. The van der Waals surface area contributed by atoms with Gasteiger partial charge in [-0.05, 0) is 40.2 Å². The minimum Gasteiger partial charge on any atom is -0.487 e. The lowest BCUT2D eigenvalue weighted by molar-refractivity contribution is 0.305. The predicted octanol–water partition coefficient (Wildman–Crippen LogP) is 5.11. The number of benzene rings is 2. The maximum atomic E-state index is 13.3. The third-order valence-corrected chi connectivity index (χ3v) is 4.40. The van der Waals surface area contributed by atoms with Gasteiger partial charge in [-0.25, -0.2) is 4.39 Å². The molecule has 0 aliphatic carbocycles. The van der Waals surface area contributed by atoms with Crippen molar-refractivity contribution in [2.75, 3.05) is 0 Å². The topological polar surface area (TPSA) is 35.2 Å². The number of halogens is 4. The highest BCUT2D eigenvalue weighted by Gasteiger charge is 2.11. The molecule has 0 saturated carbocycles. The van der Waals surface area contributed by atoms with Crippen molar-refractivity contribution in [1.82, 2.24) is 0 Å². The Morgan fingerprint density at radius 3 is 2.62 bits per heavy atom. The summed E-state index contributed by atoms with van der Waals surface area (Å²) in [5, 5.41) is 0.850. The molecule has 0 aliphatic heterocycles. The molecule has 0 radical (unpaired) electrons. The van der Waals surface area contributed by atoms with Crippen LogP contribution in [-0.2, 0) is 6.61 Å². The van der Waals surface area contributed by atoms with Crippen molar-refractivity contribution in [2.45, 2.75) is 6.61 Å². The Morgan fingerprint density at radius 1 is 1.24 bits per heavy atom. The van der Waals surface area contributed by atoms with E-state index in [9.17, 15) is 4.39 Å². The molecule has 2 aromatic rings. The Labute approximate surface area is 145 Å². The molecule has 0 atom stereocenters. The summed E-state index contributed by atoms with van der Waals surface area (Å²) in [6.07, 6.45) is 0. The minimum atomic E-state index is -0.395. The molecule has 0 saturated heterocycles. The van der Waals surface area contributed by atoms with E-state index < -0.39 is 5.82 Å². The predicted molar refractivity (Wildman–Crippen MR) is 90.8 cm³/mol. The Kier molecular flexibility index (Phi) is 5.43. The van der Waals surface area contributed by atoms with Crippen LogP contribution in [0, 0.1) is 5.82 Å². The number of ether oxygens (including phenoxy) is 1. The van der Waals surface area contributed by atoms with E-state index in [1.165, 1.54) is 18.2 Å². The van der Waals surface area contributed by atoms with Crippen molar-refractivity contribution in [2.24, 2.45) is 5.73 Å². The zero-order valence-electron chi connectivity index (χ0n) is 10.5. The molecule has 2 rings (SSSR count). The first-order chi connectivity index (χ1) is 9.88. The summed E-state index contributed by atoms with van der Waals surface area (Å²) >= 11 is 20.2. The molecule has 0 aliphatic rings. The number of thiocarbonyl (C=S) groups is 1. The van der Waals surface area contributed by atoms with Crippen molar-refractivity contribution in [3.63, 3.8) is 0 Å². The number of nitrogens with two attached hydrogens (primary N) is 1. The largest absolute Gasteiger partial charge is 0.487 e. The molecule has 0 unspecified atom stereocenters. The highest BCUT2D eigenvalue weighted by Crippen LogP contribution is 2.34. The second kappa shape index (κ2) is 6.92. The van der Waals surface area contributed by atoms with Gasteiger partial charge in [0, 0.05) is 21.7 Å². The lowest BCUT2D eigenvalue weighted by Crippen LogP contribution is -2.14. The standard InChI is InChI=1S/C14H9BrCl2FNOS/c15-10-4-12(17)13(5-11(10)16)20-6-7-3-8(18)1-2-9(7)14(19)21/h1-5H,6H2,(H2,19,21). The zero-order valence-corrected chi connectivity index (χ0v) is 14.4. The van der Waals surface area contributed by atoms with Gasteiger partial charge < -0.3 is 10.5 Å². The summed E-state index contributed by atoms with van der Waals surface area (Å²) < 4.78 is 19.6. The Balaban J connectivity index is 2.26. The van der Waals surface area contributed by atoms with Gasteiger partial charge in [0.05, 0.1) is 10.0 Å². The van der Waals surface area contributed by atoms with Gasteiger partial charge >= 0.3 is 0 Å². The van der Waals surface area contributed by atoms with Crippen LogP contribution in [0.4, 0.5) is 4.39 Å². The highest BCUT2D eigenvalue weighted by atomic mass is 79.9. The van der Waals surface area contributed by atoms with Crippen LogP contribution in [0.25, 0.3) is 0 Å². The maximum Gasteiger partial charge on any atom is 0.139 e. The monoisotopic (exact) mass is 407 g/mol. The van der Waals surface area contributed by atoms with Crippen molar-refractivity contribution in [3.8, 4) is 5.75 Å². The average molecular weight is 409 g/mol. The lowest BCUT2D eigenvalue weighted by atomic mass is 10.1. The van der Waals surface area contributed by atoms with E-state index in [1.807, 2.05) is 0 Å². The molecule has 0 bridgehead atoms. The SMILES string of the molecule is NC(=S)c1ccc(F)cc1COc1cc(Cl)c(Br)cc1Cl. The molecule has 0 fully saturated rings. The van der Waals surface area contributed by atoms with Crippen molar-refractivity contribution >= 4 is 56.3 Å². The molecule has 21 heavy (non-hydrogen) atoms. The second-order valence-corrected chi connectivity index (χ2v) is 6.26. The van der Waals surface area contributed by atoms with E-state index in [0.29, 0.717) is 31.4 Å². The molecule has 0 aromatic heterocycles. The van der Waals surface area contributed by atoms with E-state index in [2.05, 4.69) is 15.9 Å². The Morgan fingerprint density at radius 2 is 1.95 bits per heavy atom. The van der Waals surface area contributed by atoms with Crippen molar-refractivity contribution in [1.29, 1.82) is 0 Å². The Hall–Kier alpha value is -0.880. The van der Waals surface area contributed by atoms with Gasteiger partial charge in [-0.2, -0.15) is 0 Å². The number of hydrogen-bond acceptors (Lipinski definition) is 2. The fraction of sp³-hybridized carbons (Fsp3) is 0.0714. The quantitative estimate of drug-likeness (QED) is 0.564. The molecular formula is C14H9BrCl2FNOS. The van der Waals surface area contributed by atoms with Crippen LogP contribution in [0.2, 0.25) is 10.0 Å². The molecule has 2 N–H and O–H groups in total. The van der Waals surface area contributed by atoms with Gasteiger partial charge in [0.1, 0.15) is 23.2 Å². The van der Waals surface area contributed by atoms with Gasteiger partial charge in [-0.1, -0.05) is 35.4 Å². The molecule has 110 valence electrons. The summed E-state index contributed by atoms with van der Waals surface area (Å²) in [6.45, 7) is 0.0715. The normalized spacial score (nSPS) is 10.5. The fourth-order valence-corrected chi connectivity index (χ4v) is 2.74. The summed E-state index contributed by atoms with van der Waals surface area (Å²) in [5.41, 5.74) is 6.71. The van der Waals surface area contributed by atoms with Gasteiger partial charge in [-0.15, -0.1) is 0 Å². The van der Waals surface area contributed by atoms with Crippen LogP contribution in [-0.4, -0.2) is 4.99 Å². The molecule has 0 spiro atoms. The van der Waals surface area contributed by atoms with Gasteiger partial charge in [0.2, 0.25) is 0 Å². The number of rotatable bonds is 4. The Bertz CT molecular complexity index is 712. The van der Waals surface area contributed by atoms with Crippen molar-refractivity contribution < 1.29 is 9.13 Å². The summed E-state index contributed by atoms with van der Waals surface area (Å²) in [4.78, 5) is 0.175. The lowest BCUT2D eigenvalue weighted by Gasteiger charge is -2.12. The summed E-state index contributed by atoms with van der Waals surface area (Å²) in [7, 11) is 0. The van der Waals surface area contributed by atoms with Crippen LogP contribution >= 0.6 is 51.3 Å². The molecule has 0 heterocycles. The summed E-state index contributed by atoms with van der Waals surface area (Å²) in [5.74, 6) is -0.00319. The van der Waals surface area contributed by atoms with Crippen LogP contribution in [0.15, 0.2) is 34.8 Å². The third-order valence-electron chi connectivity index (χ3n) is 2.69. The number of hydrogen-bond donors (Lipinski definition) is 1. The van der Waals surface area contributed by atoms with Gasteiger partial charge in [-0.3, -0.25) is 0 Å². The molecule has 7 heteroatoms. The van der Waals surface area contributed by atoms with Gasteiger partial charge in [0.25, 0.3) is 0 Å². The molecule has 2 aromatic carbocycles. The average Bonchev–Trinajstić information content (AvgIpc) is 2.41. The van der Waals surface area contributed by atoms with E-state index in [4.69, 9.17) is 45.9 Å². The third kappa shape index (κ3) is 4.07. The first kappa shape index (κ1) is 16.5. The molecular weight excluding hydrogens is 400 g/mol. The molecule has 2 nitrogen and oxygen atoms in total. The second-order valence-electron chi connectivity index (χ2n) is 4.15. The van der Waals surface area contributed by atoms with Gasteiger partial charge in [0.15, 0.2) is 0 Å². The smallest absolute Gasteiger partial charge is 0.139 e. The van der Waals surface area contributed by atoms with Crippen LogP contribution in [0.5, 0.6) is 5.75 Å². The highest BCUT2D eigenvalue weighted by molar-refractivity contribution is 9.10. The summed E-state index contributed by atoms with van der Waals surface area (Å²) in [6, 6.07) is 7.34. The van der Waals surface area contributed by atoms with Crippen LogP contribution in [0.3, 0.4) is 0 Å². The van der Waals surface area contributed by atoms with Crippen LogP contribution < -0.4 is 10.5 Å². The van der Waals surface area contributed by atoms with E-state index in [0.717, 1.165) is 0 Å². The van der Waals surface area contributed by atoms with Crippen molar-refractivity contribution in [3.05, 3.63) is 61.8 Å². The van der Waals surface area contributed by atoms with E-state index in [1.54, 1.807) is 12.1 Å². The zero-order chi connectivity index (χ0) is 15.6. The molecule has 0 amide bonds. The fourth-order valence-electron chi connectivity index (χ4n) is 1.69. The van der Waals surface area contributed by atoms with Crippen LogP contribution in [0.1, 0.15) is 11.1 Å².